The second-order valence-electron chi connectivity index (χ2n) is 6.31. The van der Waals surface area contributed by atoms with Crippen LogP contribution < -0.4 is 10.2 Å². The number of piperidine rings is 1. The number of nitrogens with one attached hydrogen (secondary N) is 1. The first-order chi connectivity index (χ1) is 12.7. The molecule has 4 nitrogen and oxygen atoms in total. The molecule has 1 amide bonds. The van der Waals surface area contributed by atoms with Crippen LogP contribution >= 0.6 is 15.9 Å². The number of nitrogens with zero attached hydrogens (tertiary/aromatic N) is 2. The standard InChI is InChI=1S/C18H16BrF4N3O/c19-12-3-6-16(24-9-12)26-8-7-14(11-1-4-13(20)5-2-11)15(10-26)25-17(27)18(21,22)23/h1-6,9,14-15H,7-8,10H2,(H,25,27). The van der Waals surface area contributed by atoms with Crippen molar-refractivity contribution >= 4 is 27.7 Å². The minimum atomic E-state index is -4.97. The molecule has 1 aromatic heterocycles. The van der Waals surface area contributed by atoms with Crippen LogP contribution in [0.15, 0.2) is 47.1 Å². The van der Waals surface area contributed by atoms with Crippen molar-refractivity contribution in [3.63, 3.8) is 0 Å². The summed E-state index contributed by atoms with van der Waals surface area (Å²) >= 11 is 3.29. The summed E-state index contributed by atoms with van der Waals surface area (Å²) in [5.41, 5.74) is 0.687. The number of benzene rings is 1. The summed E-state index contributed by atoms with van der Waals surface area (Å²) in [6.07, 6.45) is -2.87. The molecule has 2 heterocycles. The Kier molecular flexibility index (Phi) is 5.69. The fourth-order valence-electron chi connectivity index (χ4n) is 3.22. The third kappa shape index (κ3) is 4.77. The van der Waals surface area contributed by atoms with Crippen LogP contribution in [0.1, 0.15) is 17.9 Å². The van der Waals surface area contributed by atoms with Crippen LogP contribution in [0.2, 0.25) is 0 Å². The molecule has 3 rings (SSSR count). The molecule has 0 saturated carbocycles. The molecule has 0 aliphatic carbocycles. The minimum absolute atomic E-state index is 0.165. The van der Waals surface area contributed by atoms with Crippen LogP contribution in [-0.2, 0) is 4.79 Å². The Morgan fingerprint density at radius 1 is 1.19 bits per heavy atom. The smallest absolute Gasteiger partial charge is 0.355 e. The van der Waals surface area contributed by atoms with E-state index in [1.165, 1.54) is 12.1 Å². The SMILES string of the molecule is O=C(NC1CN(c2ccc(Br)cn2)CCC1c1ccc(F)cc1)C(F)(F)F. The average molecular weight is 446 g/mol. The predicted octanol–water partition coefficient (Wildman–Crippen LogP) is 4.02. The second kappa shape index (κ2) is 7.84. The summed E-state index contributed by atoms with van der Waals surface area (Å²) in [7, 11) is 0. The summed E-state index contributed by atoms with van der Waals surface area (Å²) in [5.74, 6) is -2.15. The van der Waals surface area contributed by atoms with Gasteiger partial charge in [0.1, 0.15) is 11.6 Å². The van der Waals surface area contributed by atoms with Crippen LogP contribution in [0.5, 0.6) is 0 Å². The van der Waals surface area contributed by atoms with E-state index in [4.69, 9.17) is 0 Å². The Morgan fingerprint density at radius 3 is 2.48 bits per heavy atom. The maximum Gasteiger partial charge on any atom is 0.471 e. The van der Waals surface area contributed by atoms with Crippen LogP contribution in [0.4, 0.5) is 23.4 Å². The summed E-state index contributed by atoms with van der Waals surface area (Å²) in [5, 5.41) is 2.10. The lowest BCUT2D eigenvalue weighted by Crippen LogP contribution is -2.54. The van der Waals surface area contributed by atoms with Gasteiger partial charge in [0.05, 0.1) is 6.04 Å². The number of pyridine rings is 1. The topological polar surface area (TPSA) is 45.2 Å². The first kappa shape index (κ1) is 19.6. The first-order valence-corrected chi connectivity index (χ1v) is 9.03. The Bertz CT molecular complexity index is 796. The largest absolute Gasteiger partial charge is 0.471 e. The zero-order chi connectivity index (χ0) is 19.6. The number of amides is 1. The fourth-order valence-corrected chi connectivity index (χ4v) is 3.46. The van der Waals surface area contributed by atoms with E-state index in [1.807, 2.05) is 4.90 Å². The molecular weight excluding hydrogens is 430 g/mol. The van der Waals surface area contributed by atoms with E-state index in [-0.39, 0.29) is 12.5 Å². The molecule has 2 aromatic rings. The Balaban J connectivity index is 1.84. The fraction of sp³-hybridized carbons (Fsp3) is 0.333. The molecule has 0 spiro atoms. The van der Waals surface area contributed by atoms with E-state index in [0.717, 1.165) is 4.47 Å². The lowest BCUT2D eigenvalue weighted by Gasteiger charge is -2.40. The number of rotatable bonds is 3. The lowest BCUT2D eigenvalue weighted by atomic mass is 9.85. The van der Waals surface area contributed by atoms with Crippen molar-refractivity contribution in [2.45, 2.75) is 24.6 Å². The van der Waals surface area contributed by atoms with E-state index in [9.17, 15) is 22.4 Å². The molecule has 1 saturated heterocycles. The number of halogens is 5. The highest BCUT2D eigenvalue weighted by Crippen LogP contribution is 2.31. The number of aromatic nitrogens is 1. The molecule has 0 radical (unpaired) electrons. The van der Waals surface area contributed by atoms with Crippen molar-refractivity contribution in [1.29, 1.82) is 0 Å². The Labute approximate surface area is 161 Å². The predicted molar refractivity (Wildman–Crippen MR) is 95.9 cm³/mol. The van der Waals surface area contributed by atoms with Crippen molar-refractivity contribution in [3.8, 4) is 0 Å². The molecule has 1 N–H and O–H groups in total. The molecule has 144 valence electrons. The van der Waals surface area contributed by atoms with Crippen molar-refractivity contribution in [1.82, 2.24) is 10.3 Å². The molecule has 2 atom stereocenters. The monoisotopic (exact) mass is 445 g/mol. The number of alkyl halides is 3. The van der Waals surface area contributed by atoms with E-state index in [1.54, 1.807) is 30.5 Å². The van der Waals surface area contributed by atoms with Crippen molar-refractivity contribution in [2.75, 3.05) is 18.0 Å². The minimum Gasteiger partial charge on any atom is -0.355 e. The highest BCUT2D eigenvalue weighted by molar-refractivity contribution is 9.10. The number of carbonyl (C=O) groups is 1. The molecular formula is C18H16BrF4N3O. The van der Waals surface area contributed by atoms with E-state index in [0.29, 0.717) is 24.3 Å². The van der Waals surface area contributed by atoms with Gasteiger partial charge < -0.3 is 10.2 Å². The van der Waals surface area contributed by atoms with Gasteiger partial charge in [0, 0.05) is 29.7 Å². The third-order valence-corrected chi connectivity index (χ3v) is 4.99. The molecule has 1 fully saturated rings. The number of carbonyl (C=O) groups excluding carboxylic acids is 1. The van der Waals surface area contributed by atoms with Crippen LogP contribution in [0.25, 0.3) is 0 Å². The van der Waals surface area contributed by atoms with Gasteiger partial charge in [-0.25, -0.2) is 9.37 Å². The van der Waals surface area contributed by atoms with Gasteiger partial charge >= 0.3 is 12.1 Å². The van der Waals surface area contributed by atoms with Gasteiger partial charge in [-0.3, -0.25) is 4.79 Å². The van der Waals surface area contributed by atoms with Gasteiger partial charge in [-0.05, 0) is 52.2 Å². The van der Waals surface area contributed by atoms with E-state index < -0.39 is 23.9 Å². The molecule has 1 aromatic carbocycles. The Morgan fingerprint density at radius 2 is 1.89 bits per heavy atom. The van der Waals surface area contributed by atoms with Gasteiger partial charge in [-0.1, -0.05) is 12.1 Å². The van der Waals surface area contributed by atoms with Gasteiger partial charge in [0.25, 0.3) is 0 Å². The highest BCUT2D eigenvalue weighted by atomic mass is 79.9. The summed E-state index contributed by atoms with van der Waals surface area (Å²) in [4.78, 5) is 17.6. The average Bonchev–Trinajstić information content (AvgIpc) is 2.62. The van der Waals surface area contributed by atoms with Crippen molar-refractivity contribution < 1.29 is 22.4 Å². The number of anilines is 1. The third-order valence-electron chi connectivity index (χ3n) is 4.52. The number of hydrogen-bond acceptors (Lipinski definition) is 3. The normalized spacial score (nSPS) is 20.4. The van der Waals surface area contributed by atoms with Gasteiger partial charge in [0.2, 0.25) is 0 Å². The van der Waals surface area contributed by atoms with Crippen molar-refractivity contribution in [2.24, 2.45) is 0 Å². The van der Waals surface area contributed by atoms with Crippen LogP contribution in [-0.4, -0.2) is 36.2 Å². The zero-order valence-corrected chi connectivity index (χ0v) is 15.6. The van der Waals surface area contributed by atoms with Crippen LogP contribution in [0, 0.1) is 5.82 Å². The maximum atomic E-state index is 13.2. The second-order valence-corrected chi connectivity index (χ2v) is 7.22. The van der Waals surface area contributed by atoms with E-state index in [2.05, 4.69) is 26.2 Å². The lowest BCUT2D eigenvalue weighted by molar-refractivity contribution is -0.174. The van der Waals surface area contributed by atoms with Gasteiger partial charge in [-0.2, -0.15) is 13.2 Å². The molecule has 9 heteroatoms. The van der Waals surface area contributed by atoms with Gasteiger partial charge in [-0.15, -0.1) is 0 Å². The van der Waals surface area contributed by atoms with E-state index >= 15 is 0 Å². The number of hydrogen-bond donors (Lipinski definition) is 1. The quantitative estimate of drug-likeness (QED) is 0.725. The first-order valence-electron chi connectivity index (χ1n) is 8.23. The zero-order valence-electron chi connectivity index (χ0n) is 14.0. The molecule has 0 bridgehead atoms. The van der Waals surface area contributed by atoms with Crippen molar-refractivity contribution in [3.05, 3.63) is 58.4 Å². The summed E-state index contributed by atoms with van der Waals surface area (Å²) in [6, 6.07) is 8.37. The molecule has 1 aliphatic heterocycles. The molecule has 2 unspecified atom stereocenters. The summed E-state index contributed by atoms with van der Waals surface area (Å²) in [6.45, 7) is 0.716. The maximum absolute atomic E-state index is 13.2. The summed E-state index contributed by atoms with van der Waals surface area (Å²) < 4.78 is 52.3. The molecule has 1 aliphatic rings. The molecule has 27 heavy (non-hydrogen) atoms. The van der Waals surface area contributed by atoms with Gasteiger partial charge in [0.15, 0.2) is 0 Å². The Hall–Kier alpha value is -2.16. The van der Waals surface area contributed by atoms with Crippen LogP contribution in [0.3, 0.4) is 0 Å². The highest BCUT2D eigenvalue weighted by Gasteiger charge is 2.42.